The highest BCUT2D eigenvalue weighted by Crippen LogP contribution is 2.24. The SMILES string of the molecule is CCCN1CCN(C(=O)c2ccc(OC)cc2O)CC1. The van der Waals surface area contributed by atoms with Gasteiger partial charge in [0.25, 0.3) is 5.91 Å². The lowest BCUT2D eigenvalue weighted by Gasteiger charge is -2.34. The Labute approximate surface area is 119 Å². The van der Waals surface area contributed by atoms with Crippen molar-refractivity contribution in [2.45, 2.75) is 13.3 Å². The van der Waals surface area contributed by atoms with Gasteiger partial charge in [-0.2, -0.15) is 0 Å². The van der Waals surface area contributed by atoms with E-state index in [9.17, 15) is 9.90 Å². The van der Waals surface area contributed by atoms with Gasteiger partial charge in [0.2, 0.25) is 0 Å². The summed E-state index contributed by atoms with van der Waals surface area (Å²) in [6.07, 6.45) is 1.13. The molecule has 1 aromatic rings. The van der Waals surface area contributed by atoms with Gasteiger partial charge in [-0.05, 0) is 25.1 Å². The van der Waals surface area contributed by atoms with Gasteiger partial charge in [0.05, 0.1) is 12.7 Å². The Morgan fingerprint density at radius 2 is 2.00 bits per heavy atom. The molecule has 110 valence electrons. The number of hydrogen-bond donors (Lipinski definition) is 1. The van der Waals surface area contributed by atoms with E-state index in [-0.39, 0.29) is 11.7 Å². The number of ether oxygens (including phenoxy) is 1. The third kappa shape index (κ3) is 3.22. The lowest BCUT2D eigenvalue weighted by atomic mass is 10.1. The molecule has 0 saturated carbocycles. The molecule has 1 aliphatic heterocycles. The van der Waals surface area contributed by atoms with Crippen LogP contribution in [-0.4, -0.2) is 60.6 Å². The third-order valence-electron chi connectivity index (χ3n) is 3.63. The molecule has 1 amide bonds. The Hall–Kier alpha value is -1.75. The van der Waals surface area contributed by atoms with Crippen molar-refractivity contribution in [2.24, 2.45) is 0 Å². The van der Waals surface area contributed by atoms with Crippen LogP contribution in [0, 0.1) is 0 Å². The van der Waals surface area contributed by atoms with E-state index in [1.165, 1.54) is 13.2 Å². The zero-order valence-electron chi connectivity index (χ0n) is 12.1. The molecule has 0 radical (unpaired) electrons. The minimum Gasteiger partial charge on any atom is -0.507 e. The number of carbonyl (C=O) groups is 1. The molecular formula is C15H22N2O3. The minimum absolute atomic E-state index is 0.0228. The summed E-state index contributed by atoms with van der Waals surface area (Å²) >= 11 is 0. The molecular weight excluding hydrogens is 256 g/mol. The predicted molar refractivity (Wildman–Crippen MR) is 77.3 cm³/mol. The highest BCUT2D eigenvalue weighted by molar-refractivity contribution is 5.97. The number of rotatable bonds is 4. The molecule has 0 unspecified atom stereocenters. The third-order valence-corrected chi connectivity index (χ3v) is 3.63. The molecule has 0 atom stereocenters. The molecule has 5 nitrogen and oxygen atoms in total. The van der Waals surface area contributed by atoms with Crippen molar-refractivity contribution >= 4 is 5.91 Å². The van der Waals surface area contributed by atoms with Gasteiger partial charge in [-0.3, -0.25) is 9.69 Å². The van der Waals surface area contributed by atoms with Crippen LogP contribution >= 0.6 is 0 Å². The van der Waals surface area contributed by atoms with Crippen molar-refractivity contribution in [1.82, 2.24) is 9.80 Å². The van der Waals surface area contributed by atoms with E-state index in [0.29, 0.717) is 24.4 Å². The van der Waals surface area contributed by atoms with Crippen LogP contribution in [0.5, 0.6) is 11.5 Å². The minimum atomic E-state index is -0.110. The van der Waals surface area contributed by atoms with Crippen LogP contribution in [0.15, 0.2) is 18.2 Å². The Balaban J connectivity index is 2.02. The van der Waals surface area contributed by atoms with Crippen molar-refractivity contribution in [3.63, 3.8) is 0 Å². The monoisotopic (exact) mass is 278 g/mol. The smallest absolute Gasteiger partial charge is 0.257 e. The first-order valence-corrected chi connectivity index (χ1v) is 7.04. The number of phenolic OH excluding ortho intramolecular Hbond substituents is 1. The van der Waals surface area contributed by atoms with Gasteiger partial charge in [0.1, 0.15) is 11.5 Å². The summed E-state index contributed by atoms with van der Waals surface area (Å²) < 4.78 is 5.02. The van der Waals surface area contributed by atoms with E-state index in [4.69, 9.17) is 4.74 Å². The standard InChI is InChI=1S/C15H22N2O3/c1-3-6-16-7-9-17(10-8-16)15(19)13-5-4-12(20-2)11-14(13)18/h4-5,11,18H,3,6-10H2,1-2H3. The maximum atomic E-state index is 12.4. The molecule has 0 spiro atoms. The molecule has 0 bridgehead atoms. The van der Waals surface area contributed by atoms with Crippen LogP contribution < -0.4 is 4.74 Å². The van der Waals surface area contributed by atoms with Gasteiger partial charge in [-0.15, -0.1) is 0 Å². The normalized spacial score (nSPS) is 16.2. The van der Waals surface area contributed by atoms with Gasteiger partial charge >= 0.3 is 0 Å². The number of hydrogen-bond acceptors (Lipinski definition) is 4. The van der Waals surface area contributed by atoms with Crippen LogP contribution in [-0.2, 0) is 0 Å². The summed E-state index contributed by atoms with van der Waals surface area (Å²) in [4.78, 5) is 16.5. The second kappa shape index (κ2) is 6.61. The zero-order chi connectivity index (χ0) is 14.5. The van der Waals surface area contributed by atoms with Crippen molar-refractivity contribution in [2.75, 3.05) is 39.8 Å². The predicted octanol–water partition coefficient (Wildman–Crippen LogP) is 1.57. The first-order valence-electron chi connectivity index (χ1n) is 7.04. The van der Waals surface area contributed by atoms with Gasteiger partial charge in [0, 0.05) is 32.2 Å². The molecule has 20 heavy (non-hydrogen) atoms. The number of piperazine rings is 1. The van der Waals surface area contributed by atoms with E-state index >= 15 is 0 Å². The van der Waals surface area contributed by atoms with Crippen molar-refractivity contribution in [1.29, 1.82) is 0 Å². The number of amides is 1. The highest BCUT2D eigenvalue weighted by atomic mass is 16.5. The molecule has 1 saturated heterocycles. The fraction of sp³-hybridized carbons (Fsp3) is 0.533. The lowest BCUT2D eigenvalue weighted by Crippen LogP contribution is -2.48. The van der Waals surface area contributed by atoms with Gasteiger partial charge in [-0.25, -0.2) is 0 Å². The van der Waals surface area contributed by atoms with E-state index in [2.05, 4.69) is 11.8 Å². The molecule has 2 rings (SSSR count). The highest BCUT2D eigenvalue weighted by Gasteiger charge is 2.23. The number of methoxy groups -OCH3 is 1. The summed E-state index contributed by atoms with van der Waals surface area (Å²) in [5.74, 6) is 0.415. The number of nitrogens with zero attached hydrogens (tertiary/aromatic N) is 2. The van der Waals surface area contributed by atoms with E-state index in [1.807, 2.05) is 0 Å². The second-order valence-electron chi connectivity index (χ2n) is 5.02. The summed E-state index contributed by atoms with van der Waals surface area (Å²) in [5, 5.41) is 9.92. The number of aromatic hydroxyl groups is 1. The quantitative estimate of drug-likeness (QED) is 0.908. The summed E-state index contributed by atoms with van der Waals surface area (Å²) in [5.41, 5.74) is 0.342. The fourth-order valence-electron chi connectivity index (χ4n) is 2.48. The maximum Gasteiger partial charge on any atom is 0.257 e. The van der Waals surface area contributed by atoms with Gasteiger partial charge in [-0.1, -0.05) is 6.92 Å². The van der Waals surface area contributed by atoms with Gasteiger partial charge in [0.15, 0.2) is 0 Å². The molecule has 0 aromatic heterocycles. The molecule has 1 fully saturated rings. The Kier molecular flexibility index (Phi) is 4.84. The Bertz CT molecular complexity index is 468. The Morgan fingerprint density at radius 1 is 1.30 bits per heavy atom. The van der Waals surface area contributed by atoms with Gasteiger partial charge < -0.3 is 14.7 Å². The molecule has 1 heterocycles. The van der Waals surface area contributed by atoms with Crippen LogP contribution in [0.2, 0.25) is 0 Å². The summed E-state index contributed by atoms with van der Waals surface area (Å²) in [6.45, 7) is 6.46. The zero-order valence-corrected chi connectivity index (χ0v) is 12.1. The van der Waals surface area contributed by atoms with Crippen molar-refractivity contribution < 1.29 is 14.6 Å². The van der Waals surface area contributed by atoms with E-state index in [0.717, 1.165) is 26.1 Å². The van der Waals surface area contributed by atoms with Crippen LogP contribution in [0.4, 0.5) is 0 Å². The largest absolute Gasteiger partial charge is 0.507 e. The molecule has 0 aliphatic carbocycles. The van der Waals surface area contributed by atoms with Crippen molar-refractivity contribution in [3.05, 3.63) is 23.8 Å². The summed E-state index contributed by atoms with van der Waals surface area (Å²) in [6, 6.07) is 4.79. The molecule has 1 aliphatic rings. The average molecular weight is 278 g/mol. The van der Waals surface area contributed by atoms with Crippen LogP contribution in [0.3, 0.4) is 0 Å². The number of benzene rings is 1. The first-order chi connectivity index (χ1) is 9.65. The maximum absolute atomic E-state index is 12.4. The lowest BCUT2D eigenvalue weighted by molar-refractivity contribution is 0.0634. The molecule has 5 heteroatoms. The van der Waals surface area contributed by atoms with E-state index < -0.39 is 0 Å². The van der Waals surface area contributed by atoms with Crippen LogP contribution in [0.25, 0.3) is 0 Å². The molecule has 1 N–H and O–H groups in total. The Morgan fingerprint density at radius 3 is 2.55 bits per heavy atom. The summed E-state index contributed by atoms with van der Waals surface area (Å²) in [7, 11) is 1.53. The first kappa shape index (κ1) is 14.7. The fourth-order valence-corrected chi connectivity index (χ4v) is 2.48. The number of phenols is 1. The number of carbonyl (C=O) groups excluding carboxylic acids is 1. The van der Waals surface area contributed by atoms with E-state index in [1.54, 1.807) is 17.0 Å². The second-order valence-corrected chi connectivity index (χ2v) is 5.02. The van der Waals surface area contributed by atoms with Crippen LogP contribution in [0.1, 0.15) is 23.7 Å². The average Bonchev–Trinajstić information content (AvgIpc) is 2.47. The topological polar surface area (TPSA) is 53.0 Å². The van der Waals surface area contributed by atoms with Crippen molar-refractivity contribution in [3.8, 4) is 11.5 Å². The molecule has 1 aromatic carbocycles.